The lowest BCUT2D eigenvalue weighted by molar-refractivity contribution is -0.139. The first kappa shape index (κ1) is 15.5. The number of carbonyl (C=O) groups excluding carboxylic acids is 1. The maximum Gasteiger partial charge on any atom is 0.317 e. The quantitative estimate of drug-likeness (QED) is 0.794. The van der Waals surface area contributed by atoms with E-state index in [1.165, 1.54) is 0 Å². The normalized spacial score (nSPS) is 15.5. The van der Waals surface area contributed by atoms with E-state index in [1.807, 2.05) is 4.90 Å². The van der Waals surface area contributed by atoms with Crippen LogP contribution in [0.4, 0.5) is 5.82 Å². The molecule has 0 aliphatic heterocycles. The lowest BCUT2D eigenvalue weighted by Gasteiger charge is -2.26. The molecule has 2 rings (SSSR count). The number of carboxylic acids is 1. The zero-order chi connectivity index (χ0) is 15.2. The number of amides is 1. The van der Waals surface area contributed by atoms with Crippen LogP contribution in [0, 0.1) is 6.92 Å². The number of carboxylic acid groups (broad SMARTS) is 1. The maximum absolute atomic E-state index is 11.9. The molecule has 0 atom stereocenters. The number of nitrogens with zero attached hydrogens (tertiary/aromatic N) is 2. The van der Waals surface area contributed by atoms with E-state index in [9.17, 15) is 9.59 Å². The van der Waals surface area contributed by atoms with Gasteiger partial charge in [0.1, 0.15) is 5.76 Å². The standard InChI is InChI=1S/C14H21N3O4/c1-10-8-12(16-21-10)15-13(18)6-7-17(9-14(19)20)11-4-2-3-5-11/h8,11H,2-7,9H2,1H3,(H,19,20)(H,15,16,18). The van der Waals surface area contributed by atoms with Crippen LogP contribution in [-0.4, -0.2) is 46.2 Å². The Bertz CT molecular complexity index is 494. The van der Waals surface area contributed by atoms with Crippen molar-refractivity contribution >= 4 is 17.7 Å². The second-order valence-electron chi connectivity index (χ2n) is 5.42. The summed E-state index contributed by atoms with van der Waals surface area (Å²) in [4.78, 5) is 24.7. The van der Waals surface area contributed by atoms with E-state index >= 15 is 0 Å². The zero-order valence-electron chi connectivity index (χ0n) is 12.2. The van der Waals surface area contributed by atoms with Gasteiger partial charge in [0.15, 0.2) is 5.82 Å². The van der Waals surface area contributed by atoms with Gasteiger partial charge < -0.3 is 14.9 Å². The Morgan fingerprint density at radius 2 is 2.19 bits per heavy atom. The van der Waals surface area contributed by atoms with Crippen molar-refractivity contribution in [3.63, 3.8) is 0 Å². The molecule has 0 bridgehead atoms. The average molecular weight is 295 g/mol. The van der Waals surface area contributed by atoms with Crippen LogP contribution in [0.15, 0.2) is 10.6 Å². The van der Waals surface area contributed by atoms with Gasteiger partial charge >= 0.3 is 5.97 Å². The van der Waals surface area contributed by atoms with Crippen molar-refractivity contribution in [2.45, 2.75) is 45.1 Å². The van der Waals surface area contributed by atoms with Gasteiger partial charge in [-0.3, -0.25) is 14.5 Å². The molecule has 1 aliphatic rings. The van der Waals surface area contributed by atoms with E-state index < -0.39 is 5.97 Å². The SMILES string of the molecule is Cc1cc(NC(=O)CCN(CC(=O)O)C2CCCC2)no1. The molecule has 7 nitrogen and oxygen atoms in total. The van der Waals surface area contributed by atoms with Crippen molar-refractivity contribution < 1.29 is 19.2 Å². The number of anilines is 1. The molecule has 1 heterocycles. The maximum atomic E-state index is 11.9. The molecule has 7 heteroatoms. The van der Waals surface area contributed by atoms with Gasteiger partial charge in [0.25, 0.3) is 0 Å². The molecule has 2 N–H and O–H groups in total. The van der Waals surface area contributed by atoms with Gasteiger partial charge in [0, 0.05) is 25.1 Å². The lowest BCUT2D eigenvalue weighted by Crippen LogP contribution is -2.39. The third-order valence-corrected chi connectivity index (χ3v) is 3.70. The van der Waals surface area contributed by atoms with Gasteiger partial charge in [-0.2, -0.15) is 0 Å². The second-order valence-corrected chi connectivity index (χ2v) is 5.42. The molecule has 1 aromatic rings. The molecule has 1 aromatic heterocycles. The molecule has 1 saturated carbocycles. The van der Waals surface area contributed by atoms with Crippen LogP contribution in [0.25, 0.3) is 0 Å². The first-order valence-electron chi connectivity index (χ1n) is 7.23. The van der Waals surface area contributed by atoms with Gasteiger partial charge in [0.05, 0.1) is 6.54 Å². The summed E-state index contributed by atoms with van der Waals surface area (Å²) in [7, 11) is 0. The highest BCUT2D eigenvalue weighted by Gasteiger charge is 2.24. The van der Waals surface area contributed by atoms with Crippen LogP contribution in [0.5, 0.6) is 0 Å². The number of hydrogen-bond donors (Lipinski definition) is 2. The molecular formula is C14H21N3O4. The number of aliphatic carboxylic acids is 1. The molecule has 0 radical (unpaired) electrons. The lowest BCUT2D eigenvalue weighted by atomic mass is 10.2. The molecule has 1 aliphatic carbocycles. The summed E-state index contributed by atoms with van der Waals surface area (Å²) < 4.78 is 4.87. The van der Waals surface area contributed by atoms with E-state index in [2.05, 4.69) is 10.5 Å². The van der Waals surface area contributed by atoms with E-state index in [0.29, 0.717) is 18.1 Å². The van der Waals surface area contributed by atoms with Crippen LogP contribution in [0.1, 0.15) is 37.9 Å². The first-order valence-corrected chi connectivity index (χ1v) is 7.23. The summed E-state index contributed by atoms with van der Waals surface area (Å²) in [6.07, 6.45) is 4.53. The Kier molecular flexibility index (Phi) is 5.32. The minimum absolute atomic E-state index is 0.0129. The van der Waals surface area contributed by atoms with Crippen LogP contribution < -0.4 is 5.32 Å². The molecule has 1 amide bonds. The Morgan fingerprint density at radius 3 is 2.76 bits per heavy atom. The molecule has 0 saturated heterocycles. The van der Waals surface area contributed by atoms with E-state index in [0.717, 1.165) is 25.7 Å². The van der Waals surface area contributed by atoms with E-state index in [1.54, 1.807) is 13.0 Å². The summed E-state index contributed by atoms with van der Waals surface area (Å²) in [5.41, 5.74) is 0. The summed E-state index contributed by atoms with van der Waals surface area (Å²) in [5.74, 6) is -0.0157. The Labute approximate surface area is 123 Å². The third-order valence-electron chi connectivity index (χ3n) is 3.70. The number of rotatable bonds is 7. The van der Waals surface area contributed by atoms with Crippen molar-refractivity contribution in [2.24, 2.45) is 0 Å². The smallest absolute Gasteiger partial charge is 0.317 e. The third kappa shape index (κ3) is 4.86. The average Bonchev–Trinajstić information content (AvgIpc) is 3.06. The zero-order valence-corrected chi connectivity index (χ0v) is 12.2. The van der Waals surface area contributed by atoms with Gasteiger partial charge in [-0.1, -0.05) is 18.0 Å². The number of aromatic nitrogens is 1. The van der Waals surface area contributed by atoms with Crippen molar-refractivity contribution in [3.8, 4) is 0 Å². The Balaban J connectivity index is 1.82. The number of nitrogens with one attached hydrogen (secondary N) is 1. The highest BCUT2D eigenvalue weighted by atomic mass is 16.5. The molecule has 21 heavy (non-hydrogen) atoms. The van der Waals surface area contributed by atoms with Crippen molar-refractivity contribution in [1.29, 1.82) is 0 Å². The predicted octanol–water partition coefficient (Wildman–Crippen LogP) is 1.64. The number of carbonyl (C=O) groups is 2. The van der Waals surface area contributed by atoms with Crippen molar-refractivity contribution in [3.05, 3.63) is 11.8 Å². The first-order chi connectivity index (χ1) is 10.0. The highest BCUT2D eigenvalue weighted by Crippen LogP contribution is 2.23. The second kappa shape index (κ2) is 7.21. The molecule has 1 fully saturated rings. The Hall–Kier alpha value is -1.89. The number of aryl methyl sites for hydroxylation is 1. The molecule has 116 valence electrons. The summed E-state index contributed by atoms with van der Waals surface area (Å²) in [6.45, 7) is 2.18. The minimum Gasteiger partial charge on any atom is -0.480 e. The molecule has 0 unspecified atom stereocenters. The molecule has 0 spiro atoms. The van der Waals surface area contributed by atoms with Crippen molar-refractivity contribution in [1.82, 2.24) is 10.1 Å². The summed E-state index contributed by atoms with van der Waals surface area (Å²) >= 11 is 0. The molecule has 0 aromatic carbocycles. The highest BCUT2D eigenvalue weighted by molar-refractivity contribution is 5.89. The number of hydrogen-bond acceptors (Lipinski definition) is 5. The van der Waals surface area contributed by atoms with Crippen LogP contribution in [0.2, 0.25) is 0 Å². The topological polar surface area (TPSA) is 95.7 Å². The minimum atomic E-state index is -0.852. The predicted molar refractivity (Wildman–Crippen MR) is 76.0 cm³/mol. The van der Waals surface area contributed by atoms with Crippen LogP contribution in [0.3, 0.4) is 0 Å². The summed E-state index contributed by atoms with van der Waals surface area (Å²) in [5, 5.41) is 15.3. The fourth-order valence-electron chi connectivity index (χ4n) is 2.71. The van der Waals surface area contributed by atoms with Crippen molar-refractivity contribution in [2.75, 3.05) is 18.4 Å². The fourth-order valence-corrected chi connectivity index (χ4v) is 2.71. The van der Waals surface area contributed by atoms with Gasteiger partial charge in [-0.05, 0) is 19.8 Å². The monoisotopic (exact) mass is 295 g/mol. The molecular weight excluding hydrogens is 274 g/mol. The summed E-state index contributed by atoms with van der Waals surface area (Å²) in [6, 6.07) is 1.92. The van der Waals surface area contributed by atoms with E-state index in [4.69, 9.17) is 9.63 Å². The largest absolute Gasteiger partial charge is 0.480 e. The van der Waals surface area contributed by atoms with Crippen LogP contribution >= 0.6 is 0 Å². The van der Waals surface area contributed by atoms with E-state index in [-0.39, 0.29) is 24.9 Å². The van der Waals surface area contributed by atoms with Gasteiger partial charge in [-0.25, -0.2) is 0 Å². The van der Waals surface area contributed by atoms with Crippen LogP contribution in [-0.2, 0) is 9.59 Å². The Morgan fingerprint density at radius 1 is 1.48 bits per heavy atom. The van der Waals surface area contributed by atoms with Gasteiger partial charge in [0.2, 0.25) is 5.91 Å². The fraction of sp³-hybridized carbons (Fsp3) is 0.643. The van der Waals surface area contributed by atoms with Gasteiger partial charge in [-0.15, -0.1) is 0 Å².